The molecule has 2 aliphatic carbocycles. The maximum atomic E-state index is 12.5. The third-order valence-electron chi connectivity index (χ3n) is 6.24. The number of anilines is 1. The number of unbranched alkanes of at least 4 members (excludes halogenated alkanes) is 1. The van der Waals surface area contributed by atoms with Crippen LogP contribution in [0.2, 0.25) is 0 Å². The molecule has 5 atom stereocenters. The normalized spacial score (nSPS) is 28.2. The molecule has 30 heavy (non-hydrogen) atoms. The summed E-state index contributed by atoms with van der Waals surface area (Å²) >= 11 is 0. The summed E-state index contributed by atoms with van der Waals surface area (Å²) in [6, 6.07) is 6.29. The van der Waals surface area contributed by atoms with Crippen molar-refractivity contribution in [2.24, 2.45) is 23.7 Å². The first-order valence-corrected chi connectivity index (χ1v) is 10.4. The van der Waals surface area contributed by atoms with Gasteiger partial charge in [0.15, 0.2) is 6.61 Å². The second-order valence-corrected chi connectivity index (χ2v) is 8.14. The lowest BCUT2D eigenvalue weighted by Crippen LogP contribution is -2.34. The molecule has 2 saturated carbocycles. The van der Waals surface area contributed by atoms with Gasteiger partial charge < -0.3 is 19.5 Å². The molecule has 1 aliphatic heterocycles. The van der Waals surface area contributed by atoms with Gasteiger partial charge in [-0.3, -0.25) is 14.4 Å². The predicted octanol–water partition coefficient (Wildman–Crippen LogP) is 2.32. The topological polar surface area (TPSA) is 108 Å². The average molecular weight is 415 g/mol. The Morgan fingerprint density at radius 1 is 1.13 bits per heavy atom. The number of carbonyl (C=O) groups excluding carboxylic acids is 4. The van der Waals surface area contributed by atoms with Gasteiger partial charge in [0.1, 0.15) is 6.10 Å². The molecule has 8 heteroatoms. The van der Waals surface area contributed by atoms with Gasteiger partial charge in [0.2, 0.25) is 0 Å². The summed E-state index contributed by atoms with van der Waals surface area (Å²) in [6.07, 6.45) is 3.21. The Kier molecular flexibility index (Phi) is 5.74. The maximum absolute atomic E-state index is 12.5. The monoisotopic (exact) mass is 415 g/mol. The molecule has 0 unspecified atom stereocenters. The van der Waals surface area contributed by atoms with Gasteiger partial charge in [0.05, 0.1) is 24.0 Å². The van der Waals surface area contributed by atoms with Crippen LogP contribution in [0.4, 0.5) is 5.69 Å². The summed E-state index contributed by atoms with van der Waals surface area (Å²) < 4.78 is 15.7. The van der Waals surface area contributed by atoms with Gasteiger partial charge in [0, 0.05) is 11.6 Å². The quantitative estimate of drug-likeness (QED) is 0.394. The largest absolute Gasteiger partial charge is 0.462 e. The van der Waals surface area contributed by atoms with Gasteiger partial charge in [-0.2, -0.15) is 0 Å². The van der Waals surface area contributed by atoms with Gasteiger partial charge in [-0.1, -0.05) is 13.3 Å². The standard InChI is InChI=1S/C22H25NO7/c1-2-3-8-28-20(25)12-4-6-14(7-5-12)23-17(24)11-29-21(26)18-13-9-15-16(10-13)30-22(27)19(15)18/h4-7,13,15-16,18-19H,2-3,8-11H2,1H3,(H,23,24)/t13-,15+,16+,18-,19-/m1/s1. The number of benzene rings is 1. The van der Waals surface area contributed by atoms with E-state index in [4.69, 9.17) is 14.2 Å². The third-order valence-corrected chi connectivity index (χ3v) is 6.24. The van der Waals surface area contributed by atoms with Gasteiger partial charge >= 0.3 is 17.9 Å². The molecule has 0 aromatic heterocycles. The fourth-order valence-electron chi connectivity index (χ4n) is 4.84. The van der Waals surface area contributed by atoms with Crippen molar-refractivity contribution in [1.29, 1.82) is 0 Å². The number of fused-ring (bicyclic) bond motifs is 1. The molecule has 1 N–H and O–H groups in total. The van der Waals surface area contributed by atoms with Crippen LogP contribution < -0.4 is 5.32 Å². The lowest BCUT2D eigenvalue weighted by Gasteiger charge is -2.22. The zero-order valence-corrected chi connectivity index (χ0v) is 16.8. The number of amides is 1. The highest BCUT2D eigenvalue weighted by Gasteiger charge is 2.64. The van der Waals surface area contributed by atoms with Crippen LogP contribution in [0.25, 0.3) is 0 Å². The molecule has 4 rings (SSSR count). The van der Waals surface area contributed by atoms with Crippen LogP contribution in [-0.4, -0.2) is 43.1 Å². The molecule has 3 fully saturated rings. The highest BCUT2D eigenvalue weighted by atomic mass is 16.6. The van der Waals surface area contributed by atoms with Gasteiger partial charge in [-0.25, -0.2) is 4.79 Å². The van der Waals surface area contributed by atoms with Crippen molar-refractivity contribution in [2.75, 3.05) is 18.5 Å². The summed E-state index contributed by atoms with van der Waals surface area (Å²) in [5.41, 5.74) is 0.872. The van der Waals surface area contributed by atoms with E-state index in [0.29, 0.717) is 24.3 Å². The highest BCUT2D eigenvalue weighted by Crippen LogP contribution is 2.57. The van der Waals surface area contributed by atoms with Crippen molar-refractivity contribution in [3.05, 3.63) is 29.8 Å². The van der Waals surface area contributed by atoms with Crippen molar-refractivity contribution >= 4 is 29.5 Å². The Morgan fingerprint density at radius 2 is 1.90 bits per heavy atom. The minimum absolute atomic E-state index is 0.0493. The Balaban J connectivity index is 1.25. The first-order valence-electron chi connectivity index (χ1n) is 10.4. The molecule has 1 aromatic carbocycles. The number of carbonyl (C=O) groups is 4. The molecule has 0 radical (unpaired) electrons. The molecule has 3 aliphatic rings. The Bertz CT molecular complexity index is 848. The average Bonchev–Trinajstić information content (AvgIpc) is 3.35. The van der Waals surface area contributed by atoms with Crippen LogP contribution in [0.5, 0.6) is 0 Å². The van der Waals surface area contributed by atoms with Crippen molar-refractivity contribution in [3.8, 4) is 0 Å². The fraction of sp³-hybridized carbons (Fsp3) is 0.545. The second-order valence-electron chi connectivity index (χ2n) is 8.14. The van der Waals surface area contributed by atoms with E-state index < -0.39 is 36.3 Å². The number of esters is 3. The zero-order chi connectivity index (χ0) is 21.3. The first kappa shape index (κ1) is 20.4. The molecular formula is C22H25NO7. The van der Waals surface area contributed by atoms with Gasteiger partial charge in [-0.05, 0) is 49.4 Å². The lowest BCUT2D eigenvalue weighted by atomic mass is 9.80. The number of ether oxygens (including phenoxy) is 3. The fourth-order valence-corrected chi connectivity index (χ4v) is 4.84. The van der Waals surface area contributed by atoms with Crippen LogP contribution in [0.3, 0.4) is 0 Å². The predicted molar refractivity (Wildman–Crippen MR) is 104 cm³/mol. The van der Waals surface area contributed by atoms with E-state index in [-0.39, 0.29) is 23.9 Å². The highest BCUT2D eigenvalue weighted by molar-refractivity contribution is 5.95. The number of nitrogens with one attached hydrogen (secondary N) is 1. The number of hydrogen-bond donors (Lipinski definition) is 1. The van der Waals surface area contributed by atoms with Crippen LogP contribution in [0.15, 0.2) is 24.3 Å². The molecule has 1 saturated heterocycles. The minimum Gasteiger partial charge on any atom is -0.462 e. The first-order chi connectivity index (χ1) is 14.5. The van der Waals surface area contributed by atoms with Gasteiger partial charge in [-0.15, -0.1) is 0 Å². The summed E-state index contributed by atoms with van der Waals surface area (Å²) in [7, 11) is 0. The van der Waals surface area contributed by atoms with Crippen molar-refractivity contribution < 1.29 is 33.4 Å². The van der Waals surface area contributed by atoms with E-state index >= 15 is 0 Å². The summed E-state index contributed by atoms with van der Waals surface area (Å²) in [5, 5.41) is 2.62. The Hall–Kier alpha value is -2.90. The maximum Gasteiger partial charge on any atom is 0.338 e. The molecule has 2 bridgehead atoms. The SMILES string of the molecule is CCCCOC(=O)c1ccc(NC(=O)COC(=O)[C@@H]2[C@@H]3C[C@@H]4[C@H]2C(=O)O[C@H]4C3)cc1. The van der Waals surface area contributed by atoms with Crippen molar-refractivity contribution in [3.63, 3.8) is 0 Å². The van der Waals surface area contributed by atoms with Crippen molar-refractivity contribution in [1.82, 2.24) is 0 Å². The van der Waals surface area contributed by atoms with E-state index in [1.165, 1.54) is 0 Å². The third kappa shape index (κ3) is 3.91. The Labute approximate surface area is 174 Å². The number of rotatable bonds is 8. The summed E-state index contributed by atoms with van der Waals surface area (Å²) in [5.74, 6) is -2.45. The Morgan fingerprint density at radius 3 is 2.63 bits per heavy atom. The van der Waals surface area contributed by atoms with Crippen LogP contribution in [-0.2, 0) is 28.6 Å². The van der Waals surface area contributed by atoms with E-state index in [9.17, 15) is 19.2 Å². The van der Waals surface area contributed by atoms with Gasteiger partial charge in [0.25, 0.3) is 5.91 Å². The van der Waals surface area contributed by atoms with Crippen LogP contribution in [0, 0.1) is 23.7 Å². The summed E-state index contributed by atoms with van der Waals surface area (Å²) in [4.78, 5) is 48.5. The molecule has 160 valence electrons. The van der Waals surface area contributed by atoms with Crippen LogP contribution >= 0.6 is 0 Å². The van der Waals surface area contributed by atoms with Crippen LogP contribution in [0.1, 0.15) is 43.0 Å². The molecular weight excluding hydrogens is 390 g/mol. The molecule has 1 amide bonds. The number of hydrogen-bond acceptors (Lipinski definition) is 7. The van der Waals surface area contributed by atoms with E-state index in [2.05, 4.69) is 5.32 Å². The zero-order valence-electron chi connectivity index (χ0n) is 16.8. The second kappa shape index (κ2) is 8.45. The molecule has 1 aromatic rings. The van der Waals surface area contributed by atoms with Crippen molar-refractivity contribution in [2.45, 2.75) is 38.7 Å². The summed E-state index contributed by atoms with van der Waals surface area (Å²) in [6.45, 7) is 1.96. The van der Waals surface area contributed by atoms with E-state index in [0.717, 1.165) is 19.3 Å². The minimum atomic E-state index is -0.509. The molecule has 0 spiro atoms. The van der Waals surface area contributed by atoms with E-state index in [1.807, 2.05) is 6.92 Å². The molecule has 1 heterocycles. The lowest BCUT2D eigenvalue weighted by molar-refractivity contribution is -0.157. The van der Waals surface area contributed by atoms with E-state index in [1.54, 1.807) is 24.3 Å². The smallest absolute Gasteiger partial charge is 0.338 e. The molecule has 8 nitrogen and oxygen atoms in total.